The molecule has 1 aliphatic rings. The molecule has 0 aromatic carbocycles. The number of pyridine rings is 1. The molecule has 1 atom stereocenters. The summed E-state index contributed by atoms with van der Waals surface area (Å²) >= 11 is 11.8. The van der Waals surface area contributed by atoms with Gasteiger partial charge in [-0.2, -0.15) is 0 Å². The van der Waals surface area contributed by atoms with Gasteiger partial charge in [0.05, 0.1) is 16.6 Å². The van der Waals surface area contributed by atoms with Crippen LogP contribution in [0.15, 0.2) is 12.3 Å². The van der Waals surface area contributed by atoms with Crippen molar-refractivity contribution in [1.29, 1.82) is 0 Å². The van der Waals surface area contributed by atoms with Crippen LogP contribution in [-0.4, -0.2) is 48.5 Å². The molecule has 2 N–H and O–H groups in total. The maximum atomic E-state index is 12.1. The summed E-state index contributed by atoms with van der Waals surface area (Å²) in [4.78, 5) is 18.2. The average Bonchev–Trinajstić information content (AvgIpc) is 2.81. The Kier molecular flexibility index (Phi) is 5.60. The molecule has 7 heteroatoms. The van der Waals surface area contributed by atoms with Crippen LogP contribution in [0.25, 0.3) is 0 Å². The Morgan fingerprint density at radius 1 is 1.55 bits per heavy atom. The van der Waals surface area contributed by atoms with E-state index < -0.39 is 0 Å². The Morgan fingerprint density at radius 2 is 2.35 bits per heavy atom. The maximum Gasteiger partial charge on any atom is 0.239 e. The molecule has 1 amide bonds. The Bertz CT molecular complexity index is 483. The second-order valence-electron chi connectivity index (χ2n) is 4.86. The Hall–Kier alpha value is -0.880. The van der Waals surface area contributed by atoms with E-state index in [1.54, 1.807) is 6.07 Å². The zero-order chi connectivity index (χ0) is 14.5. The van der Waals surface area contributed by atoms with E-state index >= 15 is 0 Å². The van der Waals surface area contributed by atoms with Crippen LogP contribution in [0, 0.1) is 0 Å². The number of anilines is 1. The summed E-state index contributed by atoms with van der Waals surface area (Å²) in [5, 5.41) is 6.67. The molecule has 1 aromatic rings. The quantitative estimate of drug-likeness (QED) is 0.872. The molecule has 0 spiro atoms. The zero-order valence-electron chi connectivity index (χ0n) is 11.3. The summed E-state index contributed by atoms with van der Waals surface area (Å²) in [5.74, 6) is 0.246. The first-order valence-corrected chi connectivity index (χ1v) is 7.35. The third-order valence-electron chi connectivity index (χ3n) is 3.35. The number of carbonyl (C=O) groups is 1. The van der Waals surface area contributed by atoms with E-state index in [-0.39, 0.29) is 5.91 Å². The highest BCUT2D eigenvalue weighted by Crippen LogP contribution is 2.23. The highest BCUT2D eigenvalue weighted by atomic mass is 35.5. The van der Waals surface area contributed by atoms with Crippen LogP contribution < -0.4 is 10.6 Å². The number of aromatic nitrogens is 1. The van der Waals surface area contributed by atoms with Gasteiger partial charge in [-0.3, -0.25) is 9.69 Å². The smallest absolute Gasteiger partial charge is 0.239 e. The largest absolute Gasteiger partial charge is 0.318 e. The number of likely N-dealkylation sites (tertiary alicyclic amines) is 1. The minimum absolute atomic E-state index is 0.107. The average molecular weight is 317 g/mol. The van der Waals surface area contributed by atoms with Crippen molar-refractivity contribution in [2.45, 2.75) is 18.9 Å². The fourth-order valence-electron chi connectivity index (χ4n) is 2.43. The summed E-state index contributed by atoms with van der Waals surface area (Å²) in [6, 6.07) is 1.98. The van der Waals surface area contributed by atoms with Crippen LogP contribution in [-0.2, 0) is 4.79 Å². The molecule has 1 aliphatic heterocycles. The summed E-state index contributed by atoms with van der Waals surface area (Å²) in [7, 11) is 1.92. The van der Waals surface area contributed by atoms with Crippen LogP contribution in [0.4, 0.5) is 5.82 Å². The lowest BCUT2D eigenvalue weighted by Gasteiger charge is -2.23. The summed E-state index contributed by atoms with van der Waals surface area (Å²) < 4.78 is 0. The first-order valence-electron chi connectivity index (χ1n) is 6.59. The number of hydrogen-bond acceptors (Lipinski definition) is 4. The lowest BCUT2D eigenvalue weighted by atomic mass is 10.2. The number of halogens is 2. The van der Waals surface area contributed by atoms with Gasteiger partial charge in [0.1, 0.15) is 0 Å². The van der Waals surface area contributed by atoms with Crippen LogP contribution in [0.1, 0.15) is 12.8 Å². The first kappa shape index (κ1) is 15.5. The van der Waals surface area contributed by atoms with Gasteiger partial charge in [-0.25, -0.2) is 4.98 Å². The molecular formula is C13H18Cl2N4O. The van der Waals surface area contributed by atoms with E-state index in [0.717, 1.165) is 25.9 Å². The van der Waals surface area contributed by atoms with Crippen LogP contribution in [0.5, 0.6) is 0 Å². The summed E-state index contributed by atoms with van der Waals surface area (Å²) in [6.45, 7) is 2.20. The number of rotatable bonds is 5. The van der Waals surface area contributed by atoms with Crippen LogP contribution in [0.2, 0.25) is 10.0 Å². The van der Waals surface area contributed by atoms with Gasteiger partial charge < -0.3 is 10.6 Å². The molecule has 0 bridgehead atoms. The van der Waals surface area contributed by atoms with E-state index in [0.29, 0.717) is 28.4 Å². The van der Waals surface area contributed by atoms with E-state index in [2.05, 4.69) is 20.5 Å². The molecule has 2 rings (SSSR count). The normalized spacial score (nSPS) is 19.2. The maximum absolute atomic E-state index is 12.1. The molecule has 1 aromatic heterocycles. The first-order chi connectivity index (χ1) is 9.60. The second kappa shape index (κ2) is 7.22. The predicted molar refractivity (Wildman–Crippen MR) is 81.4 cm³/mol. The lowest BCUT2D eigenvalue weighted by molar-refractivity contribution is -0.117. The van der Waals surface area contributed by atoms with Gasteiger partial charge in [0.2, 0.25) is 5.91 Å². The lowest BCUT2D eigenvalue weighted by Crippen LogP contribution is -2.41. The van der Waals surface area contributed by atoms with Crippen molar-refractivity contribution in [2.24, 2.45) is 0 Å². The summed E-state index contributed by atoms with van der Waals surface area (Å²) in [6.07, 6.45) is 3.70. The van der Waals surface area contributed by atoms with Gasteiger partial charge in [-0.05, 0) is 32.5 Å². The van der Waals surface area contributed by atoms with Gasteiger partial charge in [0.15, 0.2) is 5.82 Å². The third kappa shape index (κ3) is 4.06. The van der Waals surface area contributed by atoms with Crippen molar-refractivity contribution < 1.29 is 4.79 Å². The van der Waals surface area contributed by atoms with Crippen LogP contribution in [0.3, 0.4) is 0 Å². The second-order valence-corrected chi connectivity index (χ2v) is 5.70. The highest BCUT2D eigenvalue weighted by molar-refractivity contribution is 6.36. The van der Waals surface area contributed by atoms with Crippen molar-refractivity contribution in [3.8, 4) is 0 Å². The van der Waals surface area contributed by atoms with Crippen LogP contribution >= 0.6 is 23.2 Å². The van der Waals surface area contributed by atoms with E-state index in [4.69, 9.17) is 23.2 Å². The molecule has 1 saturated heterocycles. The molecule has 0 aliphatic carbocycles. The van der Waals surface area contributed by atoms with Crippen molar-refractivity contribution in [3.05, 3.63) is 22.3 Å². The molecule has 1 unspecified atom stereocenters. The highest BCUT2D eigenvalue weighted by Gasteiger charge is 2.25. The Balaban J connectivity index is 1.92. The number of likely N-dealkylation sites (N-methyl/N-ethyl adjacent to an activating group) is 1. The molecular weight excluding hydrogens is 299 g/mol. The number of nitrogens with zero attached hydrogens (tertiary/aromatic N) is 2. The zero-order valence-corrected chi connectivity index (χ0v) is 12.8. The number of carbonyl (C=O) groups excluding carboxylic acids is 1. The fraction of sp³-hybridized carbons (Fsp3) is 0.538. The van der Waals surface area contributed by atoms with E-state index in [9.17, 15) is 4.79 Å². The van der Waals surface area contributed by atoms with E-state index in [1.807, 2.05) is 7.05 Å². The molecule has 5 nitrogen and oxygen atoms in total. The molecule has 1 fully saturated rings. The molecule has 0 saturated carbocycles. The van der Waals surface area contributed by atoms with Gasteiger partial charge in [0, 0.05) is 18.8 Å². The van der Waals surface area contributed by atoms with Crippen molar-refractivity contribution in [2.75, 3.05) is 32.0 Å². The Morgan fingerprint density at radius 3 is 3.05 bits per heavy atom. The number of amides is 1. The minimum Gasteiger partial charge on any atom is -0.318 e. The molecule has 20 heavy (non-hydrogen) atoms. The van der Waals surface area contributed by atoms with Gasteiger partial charge in [-0.15, -0.1) is 0 Å². The third-order valence-corrected chi connectivity index (χ3v) is 3.85. The SMILES string of the molecule is CNCC1CCCN1CC(=O)Nc1ncc(Cl)cc1Cl. The fourth-order valence-corrected chi connectivity index (χ4v) is 2.86. The van der Waals surface area contributed by atoms with Gasteiger partial charge in [0.25, 0.3) is 0 Å². The number of hydrogen-bond donors (Lipinski definition) is 2. The standard InChI is InChI=1S/C13H18Cl2N4O/c1-16-7-10-3-2-4-19(10)8-12(20)18-13-11(15)5-9(14)6-17-13/h5-6,10,16H,2-4,7-8H2,1H3,(H,17,18,20). The monoisotopic (exact) mass is 316 g/mol. The molecule has 2 heterocycles. The van der Waals surface area contributed by atoms with Gasteiger partial charge in [-0.1, -0.05) is 23.2 Å². The molecule has 110 valence electrons. The predicted octanol–water partition coefficient (Wildman–Crippen LogP) is 2.01. The van der Waals surface area contributed by atoms with Gasteiger partial charge >= 0.3 is 0 Å². The topological polar surface area (TPSA) is 57.3 Å². The van der Waals surface area contributed by atoms with Crippen molar-refractivity contribution >= 4 is 34.9 Å². The minimum atomic E-state index is -0.107. The van der Waals surface area contributed by atoms with Crippen molar-refractivity contribution in [1.82, 2.24) is 15.2 Å². The number of nitrogens with one attached hydrogen (secondary N) is 2. The van der Waals surface area contributed by atoms with E-state index in [1.165, 1.54) is 6.20 Å². The Labute approximate surface area is 128 Å². The summed E-state index contributed by atoms with van der Waals surface area (Å²) in [5.41, 5.74) is 0. The molecule has 0 radical (unpaired) electrons. The van der Waals surface area contributed by atoms with Crippen molar-refractivity contribution in [3.63, 3.8) is 0 Å².